The highest BCUT2D eigenvalue weighted by molar-refractivity contribution is 5.59. The first-order valence-electron chi connectivity index (χ1n) is 10.3. The van der Waals surface area contributed by atoms with Gasteiger partial charge in [-0.2, -0.15) is 0 Å². The van der Waals surface area contributed by atoms with Gasteiger partial charge in [-0.1, -0.05) is 52.0 Å². The minimum absolute atomic E-state index is 0.519. The number of rotatable bonds is 3. The second kappa shape index (κ2) is 6.98. The van der Waals surface area contributed by atoms with Crippen LogP contribution in [0.2, 0.25) is 0 Å². The van der Waals surface area contributed by atoms with E-state index < -0.39 is 0 Å². The predicted molar refractivity (Wildman–Crippen MR) is 113 cm³/mol. The van der Waals surface area contributed by atoms with Crippen LogP contribution in [0.3, 0.4) is 0 Å². The van der Waals surface area contributed by atoms with Gasteiger partial charge in [0, 0.05) is 23.5 Å². The highest BCUT2D eigenvalue weighted by atomic mass is 15.0. The highest BCUT2D eigenvalue weighted by Gasteiger charge is 2.29. The van der Waals surface area contributed by atoms with Gasteiger partial charge in [-0.15, -0.1) is 0 Å². The van der Waals surface area contributed by atoms with Crippen molar-refractivity contribution in [3.63, 3.8) is 0 Å². The summed E-state index contributed by atoms with van der Waals surface area (Å²) >= 11 is 0. The fourth-order valence-electron chi connectivity index (χ4n) is 4.41. The zero-order valence-electron chi connectivity index (χ0n) is 16.6. The molecule has 0 spiro atoms. The molecular formula is C24H32N2. The lowest BCUT2D eigenvalue weighted by molar-refractivity contribution is 0.501. The number of aryl methyl sites for hydroxylation is 2. The second-order valence-electron chi connectivity index (χ2n) is 8.72. The third-order valence-electron chi connectivity index (χ3n) is 6.21. The number of hydrogen-bond donors (Lipinski definition) is 2. The Labute approximate surface area is 158 Å². The average Bonchev–Trinajstić information content (AvgIpc) is 2.66. The van der Waals surface area contributed by atoms with Crippen LogP contribution in [0.1, 0.15) is 74.6 Å². The summed E-state index contributed by atoms with van der Waals surface area (Å²) in [6.45, 7) is 9.09. The lowest BCUT2D eigenvalue weighted by Gasteiger charge is -2.37. The maximum absolute atomic E-state index is 3.83. The van der Waals surface area contributed by atoms with E-state index in [1.165, 1.54) is 59.3 Å². The molecule has 0 fully saturated rings. The molecule has 2 aliphatic heterocycles. The predicted octanol–water partition coefficient (Wildman–Crippen LogP) is 6.09. The van der Waals surface area contributed by atoms with E-state index in [9.17, 15) is 0 Å². The van der Waals surface area contributed by atoms with E-state index in [0.29, 0.717) is 23.9 Å². The van der Waals surface area contributed by atoms with Gasteiger partial charge in [-0.3, -0.25) is 0 Å². The molecule has 2 N–H and O–H groups in total. The fourth-order valence-corrected chi connectivity index (χ4v) is 4.41. The standard InChI is InChI=1S/C24H32N2/c1-15(2)17-5-9-21-19(13-17)7-11-23(25-21)24-12-8-20-14-18(16(3)4)6-10-22(20)26-24/h5-6,9-10,13-16,23-26H,7-8,11-12H2,1-4H3/t23-,24-/m0/s1. The lowest BCUT2D eigenvalue weighted by Crippen LogP contribution is -2.43. The molecule has 0 saturated heterocycles. The van der Waals surface area contributed by atoms with Crippen molar-refractivity contribution in [1.82, 2.24) is 0 Å². The van der Waals surface area contributed by atoms with E-state index in [1.807, 2.05) is 0 Å². The fraction of sp³-hybridized carbons (Fsp3) is 0.500. The Morgan fingerprint density at radius 1 is 0.692 bits per heavy atom. The summed E-state index contributed by atoms with van der Waals surface area (Å²) in [4.78, 5) is 0. The average molecular weight is 349 g/mol. The van der Waals surface area contributed by atoms with Crippen LogP contribution in [0, 0.1) is 0 Å². The zero-order valence-corrected chi connectivity index (χ0v) is 16.6. The molecule has 0 aromatic heterocycles. The second-order valence-corrected chi connectivity index (χ2v) is 8.72. The largest absolute Gasteiger partial charge is 0.380 e. The first-order valence-corrected chi connectivity index (χ1v) is 10.3. The van der Waals surface area contributed by atoms with Crippen LogP contribution < -0.4 is 10.6 Å². The molecular weight excluding hydrogens is 316 g/mol. The molecule has 0 bridgehead atoms. The van der Waals surface area contributed by atoms with Gasteiger partial charge in [0.1, 0.15) is 0 Å². The first kappa shape index (κ1) is 17.5. The zero-order chi connectivity index (χ0) is 18.3. The van der Waals surface area contributed by atoms with Gasteiger partial charge in [0.15, 0.2) is 0 Å². The van der Waals surface area contributed by atoms with E-state index in [2.05, 4.69) is 74.7 Å². The van der Waals surface area contributed by atoms with E-state index in [4.69, 9.17) is 0 Å². The first-order chi connectivity index (χ1) is 12.5. The van der Waals surface area contributed by atoms with Gasteiger partial charge in [0.05, 0.1) is 0 Å². The van der Waals surface area contributed by atoms with Crippen LogP contribution in [0.4, 0.5) is 11.4 Å². The Hall–Kier alpha value is -1.96. The minimum Gasteiger partial charge on any atom is -0.380 e. The summed E-state index contributed by atoms with van der Waals surface area (Å²) in [6, 6.07) is 15.0. The quantitative estimate of drug-likeness (QED) is 0.701. The Balaban J connectivity index is 1.48. The van der Waals surface area contributed by atoms with Crippen molar-refractivity contribution in [3.05, 3.63) is 58.7 Å². The Kier molecular flexibility index (Phi) is 4.69. The van der Waals surface area contributed by atoms with Crippen LogP contribution >= 0.6 is 0 Å². The molecule has 138 valence electrons. The van der Waals surface area contributed by atoms with E-state index >= 15 is 0 Å². The SMILES string of the molecule is CC(C)c1ccc2c(c1)CC[C@@H]([C@@H]1CCc3cc(C(C)C)ccc3N1)N2. The van der Waals surface area contributed by atoms with E-state index in [-0.39, 0.29) is 0 Å². The van der Waals surface area contributed by atoms with Crippen molar-refractivity contribution in [2.75, 3.05) is 10.6 Å². The number of nitrogens with one attached hydrogen (secondary N) is 2. The summed E-state index contributed by atoms with van der Waals surface area (Å²) in [5.41, 5.74) is 8.57. The van der Waals surface area contributed by atoms with Crippen molar-refractivity contribution in [2.45, 2.75) is 77.3 Å². The summed E-state index contributed by atoms with van der Waals surface area (Å²) in [7, 11) is 0. The smallest absolute Gasteiger partial charge is 0.0466 e. The Morgan fingerprint density at radius 2 is 1.12 bits per heavy atom. The third-order valence-corrected chi connectivity index (χ3v) is 6.21. The topological polar surface area (TPSA) is 24.1 Å². The number of anilines is 2. The Bertz CT molecular complexity index is 723. The molecule has 0 saturated carbocycles. The van der Waals surface area contributed by atoms with Gasteiger partial charge < -0.3 is 10.6 Å². The van der Waals surface area contributed by atoms with Crippen molar-refractivity contribution in [2.24, 2.45) is 0 Å². The molecule has 2 aliphatic rings. The summed E-state index contributed by atoms with van der Waals surface area (Å²) in [6.07, 6.45) is 4.80. The van der Waals surface area contributed by atoms with Gasteiger partial charge in [0.25, 0.3) is 0 Å². The molecule has 2 aromatic carbocycles. The normalized spacial score (nSPS) is 21.8. The summed E-state index contributed by atoms with van der Waals surface area (Å²) in [5.74, 6) is 1.20. The summed E-state index contributed by atoms with van der Waals surface area (Å²) < 4.78 is 0. The maximum atomic E-state index is 3.83. The van der Waals surface area contributed by atoms with Crippen LogP contribution in [-0.2, 0) is 12.8 Å². The molecule has 0 unspecified atom stereocenters. The molecule has 2 aromatic rings. The van der Waals surface area contributed by atoms with Gasteiger partial charge in [-0.25, -0.2) is 0 Å². The molecule has 4 rings (SSSR count). The summed E-state index contributed by atoms with van der Waals surface area (Å²) in [5, 5.41) is 7.66. The van der Waals surface area contributed by atoms with Crippen LogP contribution in [-0.4, -0.2) is 12.1 Å². The minimum atomic E-state index is 0.519. The van der Waals surface area contributed by atoms with Crippen molar-refractivity contribution in [3.8, 4) is 0 Å². The highest BCUT2D eigenvalue weighted by Crippen LogP contribution is 2.34. The monoisotopic (exact) mass is 348 g/mol. The van der Waals surface area contributed by atoms with Crippen LogP contribution in [0.25, 0.3) is 0 Å². The third kappa shape index (κ3) is 3.34. The molecule has 2 atom stereocenters. The van der Waals surface area contributed by atoms with Gasteiger partial charge in [-0.05, 0) is 71.9 Å². The lowest BCUT2D eigenvalue weighted by atomic mass is 9.86. The number of benzene rings is 2. The van der Waals surface area contributed by atoms with Gasteiger partial charge >= 0.3 is 0 Å². The molecule has 2 nitrogen and oxygen atoms in total. The number of hydrogen-bond acceptors (Lipinski definition) is 2. The van der Waals surface area contributed by atoms with Crippen molar-refractivity contribution >= 4 is 11.4 Å². The van der Waals surface area contributed by atoms with E-state index in [1.54, 1.807) is 0 Å². The van der Waals surface area contributed by atoms with Crippen LogP contribution in [0.5, 0.6) is 0 Å². The van der Waals surface area contributed by atoms with Crippen molar-refractivity contribution in [1.29, 1.82) is 0 Å². The Morgan fingerprint density at radius 3 is 1.50 bits per heavy atom. The number of fused-ring (bicyclic) bond motifs is 2. The molecule has 26 heavy (non-hydrogen) atoms. The molecule has 0 amide bonds. The molecule has 0 aliphatic carbocycles. The van der Waals surface area contributed by atoms with Crippen LogP contribution in [0.15, 0.2) is 36.4 Å². The maximum Gasteiger partial charge on any atom is 0.0466 e. The molecule has 0 radical (unpaired) electrons. The van der Waals surface area contributed by atoms with Crippen molar-refractivity contribution < 1.29 is 0 Å². The van der Waals surface area contributed by atoms with E-state index in [0.717, 1.165) is 0 Å². The molecule has 2 heteroatoms. The van der Waals surface area contributed by atoms with Gasteiger partial charge in [0.2, 0.25) is 0 Å². The molecule has 2 heterocycles.